The molecule has 1 atom stereocenters. The molecule has 2 N–H and O–H groups in total. The van der Waals surface area contributed by atoms with E-state index in [0.717, 1.165) is 22.6 Å². The van der Waals surface area contributed by atoms with E-state index >= 15 is 0 Å². The third-order valence-electron chi connectivity index (χ3n) is 4.87. The number of likely N-dealkylation sites (N-methyl/N-ethyl adjacent to an activating group) is 1. The molecule has 3 aromatic rings. The van der Waals surface area contributed by atoms with Gasteiger partial charge in [-0.05, 0) is 36.9 Å². The number of fused-ring (bicyclic) bond motifs is 1. The smallest absolute Gasteiger partial charge is 0.164 e. The van der Waals surface area contributed by atoms with Crippen LogP contribution in [-0.2, 0) is 0 Å². The molecule has 0 amide bonds. The first-order valence-corrected chi connectivity index (χ1v) is 10.3. The Labute approximate surface area is 176 Å². The maximum atomic E-state index is 12.5. The van der Waals surface area contributed by atoms with Crippen molar-refractivity contribution in [3.8, 4) is 0 Å². The second kappa shape index (κ2) is 9.33. The van der Waals surface area contributed by atoms with Crippen molar-refractivity contribution in [2.24, 2.45) is 0 Å². The van der Waals surface area contributed by atoms with E-state index in [2.05, 4.69) is 24.5 Å². The highest BCUT2D eigenvalue weighted by Crippen LogP contribution is 2.29. The number of ketones is 1. The van der Waals surface area contributed by atoms with Crippen molar-refractivity contribution in [2.45, 2.75) is 39.2 Å². The first-order chi connectivity index (χ1) is 13.9. The van der Waals surface area contributed by atoms with Crippen molar-refractivity contribution in [2.75, 3.05) is 18.9 Å². The van der Waals surface area contributed by atoms with Crippen LogP contribution < -0.4 is 10.6 Å². The Morgan fingerprint density at radius 2 is 1.83 bits per heavy atom. The number of nitrogens with zero attached hydrogens (tertiary/aromatic N) is 2. The molecule has 5 nitrogen and oxygen atoms in total. The highest BCUT2D eigenvalue weighted by molar-refractivity contribution is 6.30. The summed E-state index contributed by atoms with van der Waals surface area (Å²) in [5.41, 5.74) is 2.45. The van der Waals surface area contributed by atoms with Gasteiger partial charge in [-0.15, -0.1) is 0 Å². The lowest BCUT2D eigenvalue weighted by Crippen LogP contribution is -2.24. The van der Waals surface area contributed by atoms with Crippen LogP contribution in [0.4, 0.5) is 5.82 Å². The fourth-order valence-corrected chi connectivity index (χ4v) is 3.40. The summed E-state index contributed by atoms with van der Waals surface area (Å²) in [4.78, 5) is 22.0. The molecule has 0 aliphatic carbocycles. The van der Waals surface area contributed by atoms with Crippen LogP contribution in [0.2, 0.25) is 5.02 Å². The Hall–Kier alpha value is -2.50. The number of Topliss-reactive ketones (excluding diaryl/α,β-unsaturated/α-hetero) is 1. The summed E-state index contributed by atoms with van der Waals surface area (Å²) in [6.45, 7) is 6.69. The third kappa shape index (κ3) is 4.74. The highest BCUT2D eigenvalue weighted by atomic mass is 35.5. The number of rotatable bonds is 8. The molecule has 29 heavy (non-hydrogen) atoms. The van der Waals surface area contributed by atoms with Gasteiger partial charge in [-0.2, -0.15) is 0 Å². The van der Waals surface area contributed by atoms with Gasteiger partial charge in [0.1, 0.15) is 11.6 Å². The molecule has 0 spiro atoms. The van der Waals surface area contributed by atoms with Crippen LogP contribution in [0.25, 0.3) is 10.9 Å². The third-order valence-corrected chi connectivity index (χ3v) is 5.13. The number of aromatic nitrogens is 2. The molecule has 1 heterocycles. The van der Waals surface area contributed by atoms with E-state index in [1.165, 1.54) is 0 Å². The van der Waals surface area contributed by atoms with Crippen LogP contribution in [0.15, 0.2) is 42.5 Å². The fraction of sp³-hybridized carbons (Fsp3) is 0.348. The standard InChI is InChI=1S/C23H27ClN4O/c1-5-20(29)17-7-6-8-18-21(17)27-22(14(2)3)28-23(18)26-19(13-25-4)15-9-11-16(24)12-10-15/h6-12,14,19,25H,5,13H2,1-4H3,(H,26,27,28). The van der Waals surface area contributed by atoms with Gasteiger partial charge in [-0.1, -0.05) is 50.6 Å². The number of benzene rings is 2. The van der Waals surface area contributed by atoms with E-state index < -0.39 is 0 Å². The zero-order valence-electron chi connectivity index (χ0n) is 17.3. The van der Waals surface area contributed by atoms with Gasteiger partial charge in [-0.25, -0.2) is 9.97 Å². The summed E-state index contributed by atoms with van der Waals surface area (Å²) in [7, 11) is 1.92. The van der Waals surface area contributed by atoms with Gasteiger partial charge in [-0.3, -0.25) is 4.79 Å². The predicted molar refractivity (Wildman–Crippen MR) is 120 cm³/mol. The van der Waals surface area contributed by atoms with E-state index in [9.17, 15) is 4.79 Å². The summed E-state index contributed by atoms with van der Waals surface area (Å²) >= 11 is 6.06. The first kappa shape index (κ1) is 21.2. The van der Waals surface area contributed by atoms with E-state index in [4.69, 9.17) is 21.6 Å². The Kier molecular flexibility index (Phi) is 6.83. The van der Waals surface area contributed by atoms with Gasteiger partial charge >= 0.3 is 0 Å². The second-order valence-corrected chi connectivity index (χ2v) is 7.81. The van der Waals surface area contributed by atoms with Crippen LogP contribution in [0.1, 0.15) is 60.9 Å². The summed E-state index contributed by atoms with van der Waals surface area (Å²) in [5, 5.41) is 8.36. The van der Waals surface area contributed by atoms with Crippen molar-refractivity contribution in [3.05, 3.63) is 64.4 Å². The van der Waals surface area contributed by atoms with E-state index in [1.54, 1.807) is 0 Å². The number of halogens is 1. The van der Waals surface area contributed by atoms with Crippen molar-refractivity contribution in [3.63, 3.8) is 0 Å². The van der Waals surface area contributed by atoms with Gasteiger partial charge in [0.05, 0.1) is 11.6 Å². The molecule has 0 aliphatic rings. The Morgan fingerprint density at radius 1 is 1.10 bits per heavy atom. The first-order valence-electron chi connectivity index (χ1n) is 9.95. The Morgan fingerprint density at radius 3 is 2.45 bits per heavy atom. The van der Waals surface area contributed by atoms with Crippen LogP contribution in [0.3, 0.4) is 0 Å². The maximum Gasteiger partial charge on any atom is 0.164 e. The number of hydrogen-bond acceptors (Lipinski definition) is 5. The minimum absolute atomic E-state index is 0.0130. The van der Waals surface area contributed by atoms with E-state index in [1.807, 2.05) is 56.4 Å². The van der Waals surface area contributed by atoms with E-state index in [0.29, 0.717) is 29.1 Å². The zero-order chi connectivity index (χ0) is 21.0. The number of nitrogens with one attached hydrogen (secondary N) is 2. The fourth-order valence-electron chi connectivity index (χ4n) is 3.27. The minimum atomic E-state index is -0.0130. The molecule has 0 radical (unpaired) electrons. The molecular formula is C23H27ClN4O. The van der Waals surface area contributed by atoms with Crippen LogP contribution >= 0.6 is 11.6 Å². The van der Waals surface area contributed by atoms with Gasteiger partial charge in [0.15, 0.2) is 5.78 Å². The number of para-hydroxylation sites is 1. The normalized spacial score (nSPS) is 12.3. The molecule has 2 aromatic carbocycles. The molecule has 0 saturated heterocycles. The molecule has 3 rings (SSSR count). The average Bonchev–Trinajstić information content (AvgIpc) is 2.72. The molecule has 0 saturated carbocycles. The van der Waals surface area contributed by atoms with Crippen LogP contribution in [0.5, 0.6) is 0 Å². The van der Waals surface area contributed by atoms with Crippen molar-refractivity contribution < 1.29 is 4.79 Å². The van der Waals surface area contributed by atoms with Crippen molar-refractivity contribution >= 4 is 34.1 Å². The topological polar surface area (TPSA) is 66.9 Å². The SMILES string of the molecule is CCC(=O)c1cccc2c(NC(CNC)c3ccc(Cl)cc3)nc(C(C)C)nc12. The Bertz CT molecular complexity index is 1000. The quantitative estimate of drug-likeness (QED) is 0.488. The second-order valence-electron chi connectivity index (χ2n) is 7.37. The van der Waals surface area contributed by atoms with Crippen LogP contribution in [0, 0.1) is 0 Å². The largest absolute Gasteiger partial charge is 0.361 e. The van der Waals surface area contributed by atoms with Gasteiger partial charge in [0, 0.05) is 34.9 Å². The summed E-state index contributed by atoms with van der Waals surface area (Å²) in [5.74, 6) is 1.68. The highest BCUT2D eigenvalue weighted by Gasteiger charge is 2.19. The van der Waals surface area contributed by atoms with Crippen molar-refractivity contribution in [1.29, 1.82) is 0 Å². The predicted octanol–water partition coefficient (Wildman–Crippen LogP) is 5.37. The minimum Gasteiger partial charge on any atom is -0.361 e. The zero-order valence-corrected chi connectivity index (χ0v) is 18.0. The summed E-state index contributed by atoms with van der Waals surface area (Å²) < 4.78 is 0. The molecule has 0 aliphatic heterocycles. The molecule has 152 valence electrons. The lowest BCUT2D eigenvalue weighted by Gasteiger charge is -2.22. The van der Waals surface area contributed by atoms with Gasteiger partial charge < -0.3 is 10.6 Å². The summed E-state index contributed by atoms with van der Waals surface area (Å²) in [6, 6.07) is 13.5. The van der Waals surface area contributed by atoms with Gasteiger partial charge in [0.25, 0.3) is 0 Å². The van der Waals surface area contributed by atoms with Crippen LogP contribution in [-0.4, -0.2) is 29.3 Å². The van der Waals surface area contributed by atoms with Gasteiger partial charge in [0.2, 0.25) is 0 Å². The molecule has 1 aromatic heterocycles. The lowest BCUT2D eigenvalue weighted by atomic mass is 10.0. The number of anilines is 1. The number of hydrogen-bond donors (Lipinski definition) is 2. The molecule has 0 fully saturated rings. The maximum absolute atomic E-state index is 12.5. The number of carbonyl (C=O) groups is 1. The van der Waals surface area contributed by atoms with E-state index in [-0.39, 0.29) is 17.7 Å². The average molecular weight is 411 g/mol. The molecule has 6 heteroatoms. The molecule has 1 unspecified atom stereocenters. The lowest BCUT2D eigenvalue weighted by molar-refractivity contribution is 0.0989. The Balaban J connectivity index is 2.13. The monoisotopic (exact) mass is 410 g/mol. The molecular weight excluding hydrogens is 384 g/mol. The number of carbonyl (C=O) groups excluding carboxylic acids is 1. The van der Waals surface area contributed by atoms with Crippen molar-refractivity contribution in [1.82, 2.24) is 15.3 Å². The summed E-state index contributed by atoms with van der Waals surface area (Å²) in [6.07, 6.45) is 0.441. The molecule has 0 bridgehead atoms.